The predicted molar refractivity (Wildman–Crippen MR) is 99.9 cm³/mol. The second-order valence-electron chi connectivity index (χ2n) is 6.22. The molecule has 2 aromatic heterocycles. The first-order chi connectivity index (χ1) is 12.7. The number of rotatable bonds is 8. The normalized spacial score (nSPS) is 11.0. The molecule has 0 aliphatic heterocycles. The van der Waals surface area contributed by atoms with Gasteiger partial charge in [0.2, 0.25) is 5.91 Å². The van der Waals surface area contributed by atoms with E-state index in [2.05, 4.69) is 22.3 Å². The molecule has 2 heterocycles. The van der Waals surface area contributed by atoms with Crippen LogP contribution in [0.1, 0.15) is 31.7 Å². The number of fused-ring (bicyclic) bond motifs is 1. The Kier molecular flexibility index (Phi) is 5.78. The Bertz CT molecular complexity index is 930. The third-order valence-electron chi connectivity index (χ3n) is 4.22. The molecule has 1 aromatic carbocycles. The summed E-state index contributed by atoms with van der Waals surface area (Å²) in [6, 6.07) is 9.78. The highest BCUT2D eigenvalue weighted by molar-refractivity contribution is 5.76. The van der Waals surface area contributed by atoms with Crippen molar-refractivity contribution in [1.29, 1.82) is 0 Å². The average Bonchev–Trinajstić information content (AvgIpc) is 3.07. The second kappa shape index (κ2) is 8.42. The zero-order valence-electron chi connectivity index (χ0n) is 14.9. The summed E-state index contributed by atoms with van der Waals surface area (Å²) < 4.78 is 3.24. The number of carbonyl (C=O) groups excluding carboxylic acids is 1. The number of nitrogens with zero attached hydrogens (tertiary/aromatic N) is 4. The second-order valence-corrected chi connectivity index (χ2v) is 6.22. The lowest BCUT2D eigenvalue weighted by Gasteiger charge is -2.07. The van der Waals surface area contributed by atoms with Crippen LogP contribution < -0.4 is 10.9 Å². The van der Waals surface area contributed by atoms with Crippen molar-refractivity contribution in [3.05, 3.63) is 58.8 Å². The molecule has 0 fully saturated rings. The number of benzene rings is 1. The van der Waals surface area contributed by atoms with Crippen LogP contribution in [0.2, 0.25) is 0 Å². The topological polar surface area (TPSA) is 81.8 Å². The molecule has 1 N–H and O–H groups in total. The van der Waals surface area contributed by atoms with Gasteiger partial charge in [-0.25, -0.2) is 9.67 Å². The molecule has 26 heavy (non-hydrogen) atoms. The summed E-state index contributed by atoms with van der Waals surface area (Å²) in [4.78, 5) is 28.7. The summed E-state index contributed by atoms with van der Waals surface area (Å²) in [5.41, 5.74) is 1.47. The van der Waals surface area contributed by atoms with Gasteiger partial charge >= 0.3 is 0 Å². The molecule has 0 bridgehead atoms. The van der Waals surface area contributed by atoms with Crippen LogP contribution in [0.15, 0.2) is 47.7 Å². The maximum absolute atomic E-state index is 12.6. The number of hydrogen-bond donors (Lipinski definition) is 1. The maximum atomic E-state index is 12.6. The van der Waals surface area contributed by atoms with E-state index in [1.807, 2.05) is 30.3 Å². The molecule has 0 spiro atoms. The molecule has 0 atom stereocenters. The molecule has 3 rings (SSSR count). The van der Waals surface area contributed by atoms with Gasteiger partial charge in [-0.15, -0.1) is 0 Å². The molecular weight excluding hydrogens is 330 g/mol. The van der Waals surface area contributed by atoms with Gasteiger partial charge in [-0.1, -0.05) is 43.7 Å². The lowest BCUT2D eigenvalue weighted by atomic mass is 10.2. The number of hydrogen-bond acceptors (Lipinski definition) is 4. The number of carbonyl (C=O) groups is 1. The minimum atomic E-state index is -0.114. The van der Waals surface area contributed by atoms with Gasteiger partial charge in [-0.3, -0.25) is 14.2 Å². The Morgan fingerprint density at radius 2 is 2.04 bits per heavy atom. The molecule has 3 aromatic rings. The first kappa shape index (κ1) is 17.8. The Morgan fingerprint density at radius 1 is 1.23 bits per heavy atom. The van der Waals surface area contributed by atoms with Gasteiger partial charge in [0.25, 0.3) is 5.56 Å². The molecular formula is C19H23N5O2. The maximum Gasteiger partial charge on any atom is 0.264 e. The molecule has 0 unspecified atom stereocenters. The van der Waals surface area contributed by atoms with E-state index in [0.717, 1.165) is 18.4 Å². The number of unbranched alkanes of at least 4 members (excludes halogenated alkanes) is 1. The van der Waals surface area contributed by atoms with Crippen LogP contribution in [-0.4, -0.2) is 31.8 Å². The van der Waals surface area contributed by atoms with Gasteiger partial charge in [0.15, 0.2) is 5.65 Å². The van der Waals surface area contributed by atoms with Gasteiger partial charge in [-0.05, 0) is 12.0 Å². The van der Waals surface area contributed by atoms with Crippen LogP contribution in [-0.2, 0) is 17.9 Å². The first-order valence-corrected chi connectivity index (χ1v) is 8.90. The van der Waals surface area contributed by atoms with Gasteiger partial charge in [0.1, 0.15) is 11.7 Å². The average molecular weight is 353 g/mol. The van der Waals surface area contributed by atoms with Crippen molar-refractivity contribution in [2.45, 2.75) is 39.3 Å². The van der Waals surface area contributed by atoms with Gasteiger partial charge in [-0.2, -0.15) is 5.10 Å². The quantitative estimate of drug-likeness (QED) is 0.671. The van der Waals surface area contributed by atoms with E-state index in [4.69, 9.17) is 0 Å². The Balaban J connectivity index is 1.69. The van der Waals surface area contributed by atoms with Crippen LogP contribution in [0.5, 0.6) is 0 Å². The van der Waals surface area contributed by atoms with Crippen molar-refractivity contribution in [2.75, 3.05) is 6.54 Å². The Morgan fingerprint density at radius 3 is 2.81 bits per heavy atom. The summed E-state index contributed by atoms with van der Waals surface area (Å²) >= 11 is 0. The summed E-state index contributed by atoms with van der Waals surface area (Å²) in [6.07, 6.45) is 5.52. The Labute approximate surface area is 151 Å². The summed E-state index contributed by atoms with van der Waals surface area (Å²) in [5.74, 6) is 0.0430. The fraction of sp³-hybridized carbons (Fsp3) is 0.368. The SMILES string of the molecule is CCCCC(=O)NCCn1ncc2c(=O)n(Cc3ccccc3)cnc21. The molecule has 0 saturated carbocycles. The monoisotopic (exact) mass is 353 g/mol. The van der Waals surface area contributed by atoms with Crippen molar-refractivity contribution in [3.63, 3.8) is 0 Å². The van der Waals surface area contributed by atoms with Crippen molar-refractivity contribution < 1.29 is 4.79 Å². The molecule has 7 nitrogen and oxygen atoms in total. The highest BCUT2D eigenvalue weighted by Crippen LogP contribution is 2.07. The lowest BCUT2D eigenvalue weighted by Crippen LogP contribution is -2.27. The number of amides is 1. The van der Waals surface area contributed by atoms with E-state index in [1.165, 1.54) is 0 Å². The number of aromatic nitrogens is 4. The van der Waals surface area contributed by atoms with E-state index in [1.54, 1.807) is 21.8 Å². The lowest BCUT2D eigenvalue weighted by molar-refractivity contribution is -0.121. The van der Waals surface area contributed by atoms with Crippen LogP contribution in [0.4, 0.5) is 0 Å². The minimum Gasteiger partial charge on any atom is -0.354 e. The van der Waals surface area contributed by atoms with Crippen LogP contribution in [0, 0.1) is 0 Å². The fourth-order valence-electron chi connectivity index (χ4n) is 2.78. The van der Waals surface area contributed by atoms with Crippen molar-refractivity contribution in [1.82, 2.24) is 24.6 Å². The van der Waals surface area contributed by atoms with E-state index < -0.39 is 0 Å². The van der Waals surface area contributed by atoms with E-state index >= 15 is 0 Å². The van der Waals surface area contributed by atoms with E-state index in [-0.39, 0.29) is 11.5 Å². The standard InChI is InChI=1S/C19H23N5O2/c1-2-3-9-17(25)20-10-11-24-18-16(12-22-24)19(26)23(14-21-18)13-15-7-5-4-6-8-15/h4-8,12,14H,2-3,9-11,13H2,1H3,(H,20,25). The largest absolute Gasteiger partial charge is 0.354 e. The zero-order valence-corrected chi connectivity index (χ0v) is 14.9. The van der Waals surface area contributed by atoms with E-state index in [0.29, 0.717) is 37.1 Å². The molecule has 0 saturated heterocycles. The van der Waals surface area contributed by atoms with Gasteiger partial charge < -0.3 is 5.32 Å². The van der Waals surface area contributed by atoms with Crippen molar-refractivity contribution >= 4 is 16.9 Å². The predicted octanol–water partition coefficient (Wildman–Crippen LogP) is 1.95. The van der Waals surface area contributed by atoms with Crippen LogP contribution in [0.25, 0.3) is 11.0 Å². The zero-order chi connectivity index (χ0) is 18.4. The highest BCUT2D eigenvalue weighted by Gasteiger charge is 2.10. The first-order valence-electron chi connectivity index (χ1n) is 8.90. The van der Waals surface area contributed by atoms with E-state index in [9.17, 15) is 9.59 Å². The molecule has 7 heteroatoms. The summed E-state index contributed by atoms with van der Waals surface area (Å²) in [7, 11) is 0. The van der Waals surface area contributed by atoms with Crippen molar-refractivity contribution in [3.8, 4) is 0 Å². The third-order valence-corrected chi connectivity index (χ3v) is 4.22. The molecule has 1 amide bonds. The number of nitrogens with one attached hydrogen (secondary N) is 1. The molecule has 0 aliphatic carbocycles. The highest BCUT2D eigenvalue weighted by atomic mass is 16.1. The van der Waals surface area contributed by atoms with Gasteiger partial charge in [0.05, 0.1) is 19.3 Å². The molecule has 0 radical (unpaired) electrons. The minimum absolute atomic E-state index is 0.0430. The van der Waals surface area contributed by atoms with Gasteiger partial charge in [0, 0.05) is 13.0 Å². The molecule has 0 aliphatic rings. The summed E-state index contributed by atoms with van der Waals surface area (Å²) in [5, 5.41) is 7.61. The van der Waals surface area contributed by atoms with Crippen LogP contribution in [0.3, 0.4) is 0 Å². The molecule has 136 valence electrons. The van der Waals surface area contributed by atoms with Crippen molar-refractivity contribution in [2.24, 2.45) is 0 Å². The fourth-order valence-corrected chi connectivity index (χ4v) is 2.78. The Hall–Kier alpha value is -2.96. The third kappa shape index (κ3) is 4.17. The van der Waals surface area contributed by atoms with Crippen LogP contribution >= 0.6 is 0 Å². The smallest absolute Gasteiger partial charge is 0.264 e. The summed E-state index contributed by atoms with van der Waals surface area (Å²) in [6.45, 7) is 3.48.